The zero-order valence-corrected chi connectivity index (χ0v) is 28.4. The van der Waals surface area contributed by atoms with Crippen molar-refractivity contribution in [3.63, 3.8) is 0 Å². The summed E-state index contributed by atoms with van der Waals surface area (Å²) >= 11 is 0. The molecule has 0 spiro atoms. The van der Waals surface area contributed by atoms with Gasteiger partial charge < -0.3 is 10.2 Å². The van der Waals surface area contributed by atoms with Crippen molar-refractivity contribution in [2.75, 3.05) is 0 Å². The number of allylic oxidation sites excluding steroid dienone is 20. The zero-order valence-electron chi connectivity index (χ0n) is 28.4. The molecule has 2 rings (SSSR count). The van der Waals surface area contributed by atoms with Crippen LogP contribution in [0.4, 0.5) is 0 Å². The number of Topliss-reactive ketones (excluding diaryl/α,β-unsaturated/α-hetero) is 2. The zero-order chi connectivity index (χ0) is 33.2. The van der Waals surface area contributed by atoms with E-state index < -0.39 is 12.2 Å². The molecular formula is C40H52O4. The molecule has 0 heterocycles. The number of hydrogen-bond donors (Lipinski definition) is 2. The first-order valence-electron chi connectivity index (χ1n) is 15.4. The van der Waals surface area contributed by atoms with Gasteiger partial charge in [-0.25, -0.2) is 0 Å². The van der Waals surface area contributed by atoms with E-state index in [-0.39, 0.29) is 22.4 Å². The fraction of sp³-hybridized carbons (Fsp3) is 0.400. The van der Waals surface area contributed by atoms with E-state index in [0.717, 1.165) is 33.4 Å². The molecule has 2 N–H and O–H groups in total. The summed E-state index contributed by atoms with van der Waals surface area (Å²) in [5.41, 5.74) is 7.16. The van der Waals surface area contributed by atoms with Crippen LogP contribution in [0.3, 0.4) is 0 Å². The second kappa shape index (κ2) is 15.9. The Kier molecular flexibility index (Phi) is 13.2. The van der Waals surface area contributed by atoms with E-state index in [9.17, 15) is 19.8 Å². The van der Waals surface area contributed by atoms with Crippen LogP contribution in [0.25, 0.3) is 0 Å². The maximum absolute atomic E-state index is 12.2. The number of aliphatic hydroxyl groups excluding tert-OH is 2. The van der Waals surface area contributed by atoms with Gasteiger partial charge in [-0.15, -0.1) is 0 Å². The molecule has 44 heavy (non-hydrogen) atoms. The molecule has 4 heteroatoms. The quantitative estimate of drug-likeness (QED) is 0.247. The number of ketones is 2. The Balaban J connectivity index is 1.95. The Morgan fingerprint density at radius 3 is 1.20 bits per heavy atom. The molecule has 236 valence electrons. The Morgan fingerprint density at radius 1 is 0.568 bits per heavy atom. The number of hydrogen-bond acceptors (Lipinski definition) is 4. The van der Waals surface area contributed by atoms with Gasteiger partial charge in [0.2, 0.25) is 0 Å². The van der Waals surface area contributed by atoms with Gasteiger partial charge in [0.1, 0.15) is 12.2 Å². The van der Waals surface area contributed by atoms with Crippen molar-refractivity contribution in [1.29, 1.82) is 0 Å². The van der Waals surface area contributed by atoms with E-state index in [1.165, 1.54) is 0 Å². The van der Waals surface area contributed by atoms with E-state index in [2.05, 4.69) is 65.8 Å². The van der Waals surface area contributed by atoms with Crippen LogP contribution in [-0.2, 0) is 9.59 Å². The predicted molar refractivity (Wildman–Crippen MR) is 185 cm³/mol. The molecule has 0 fully saturated rings. The van der Waals surface area contributed by atoms with Crippen LogP contribution in [0.1, 0.15) is 82.1 Å². The predicted octanol–water partition coefficient (Wildman–Crippen LogP) is 8.91. The highest BCUT2D eigenvalue weighted by atomic mass is 16.3. The molecular weight excluding hydrogens is 544 g/mol. The summed E-state index contributed by atoms with van der Waals surface area (Å²) in [5, 5.41) is 20.0. The van der Waals surface area contributed by atoms with Crippen LogP contribution in [0.15, 0.2) is 130 Å². The Morgan fingerprint density at radius 2 is 0.864 bits per heavy atom. The number of carbonyl (C=O) groups excluding carboxylic acids is 2. The van der Waals surface area contributed by atoms with Gasteiger partial charge in [0.15, 0.2) is 11.6 Å². The average Bonchev–Trinajstić information content (AvgIpc) is 2.92. The maximum Gasteiger partial charge on any atom is 0.187 e. The van der Waals surface area contributed by atoms with Crippen molar-refractivity contribution in [3.05, 3.63) is 130 Å². The van der Waals surface area contributed by atoms with Crippen LogP contribution in [-0.4, -0.2) is 34.0 Å². The SMILES string of the molecule is CC1=C(/C=C/C(C)=C\C=C\C(C)=C\C=C\C=C(C)\C=C\C=C(C)\C=C\C2=C(C)C(=O)C(O)CC2(C)C)C(C)(C)CC(O)C1=O. The first-order valence-corrected chi connectivity index (χ1v) is 15.4. The fourth-order valence-corrected chi connectivity index (χ4v) is 5.62. The number of rotatable bonds is 10. The number of carbonyl (C=O) groups is 2. The maximum atomic E-state index is 12.2. The first-order chi connectivity index (χ1) is 20.5. The monoisotopic (exact) mass is 596 g/mol. The van der Waals surface area contributed by atoms with Crippen molar-refractivity contribution in [2.45, 2.75) is 94.3 Å². The molecule has 2 aliphatic rings. The van der Waals surface area contributed by atoms with Gasteiger partial charge in [0.25, 0.3) is 0 Å². The average molecular weight is 597 g/mol. The summed E-state index contributed by atoms with van der Waals surface area (Å²) < 4.78 is 0. The van der Waals surface area contributed by atoms with Crippen LogP contribution < -0.4 is 0 Å². The summed E-state index contributed by atoms with van der Waals surface area (Å²) in [4.78, 5) is 24.5. The second-order valence-electron chi connectivity index (χ2n) is 13.4. The van der Waals surface area contributed by atoms with E-state index in [4.69, 9.17) is 0 Å². The standard InChI is InChI=1S/C40H52O4/c1-27(17-13-19-29(3)21-23-33-31(5)37(43)35(41)25-39(33,7)8)15-11-12-16-28(2)18-14-20-30(4)22-24-34-32(6)38(44)36(42)26-40(34,9)10/h11-24,35-36,41-42H,25-26H2,1-10H3/b12-11+,17-13+,18-14+,23-21+,24-22+,27-15+,28-16+,29-19-,30-20+. The minimum atomic E-state index is -0.907. The highest BCUT2D eigenvalue weighted by Gasteiger charge is 2.37. The Labute approximate surface area is 265 Å². The minimum Gasteiger partial charge on any atom is -0.385 e. The molecule has 2 aliphatic carbocycles. The summed E-state index contributed by atoms with van der Waals surface area (Å²) in [5.74, 6) is -0.350. The topological polar surface area (TPSA) is 74.6 Å². The molecule has 0 aromatic heterocycles. The van der Waals surface area contributed by atoms with Crippen LogP contribution in [0.2, 0.25) is 0 Å². The summed E-state index contributed by atoms with van der Waals surface area (Å²) in [6, 6.07) is 0. The van der Waals surface area contributed by atoms with Gasteiger partial charge in [-0.1, -0.05) is 135 Å². The van der Waals surface area contributed by atoms with Gasteiger partial charge in [-0.05, 0) is 87.5 Å². The molecule has 0 radical (unpaired) electrons. The lowest BCUT2D eigenvalue weighted by Crippen LogP contribution is -2.35. The van der Waals surface area contributed by atoms with Gasteiger partial charge in [0, 0.05) is 0 Å². The number of aliphatic hydroxyl groups is 2. The van der Waals surface area contributed by atoms with Crippen LogP contribution in [0.5, 0.6) is 0 Å². The molecule has 0 amide bonds. The summed E-state index contributed by atoms with van der Waals surface area (Å²) in [6.07, 6.45) is 27.5. The van der Waals surface area contributed by atoms with Gasteiger partial charge >= 0.3 is 0 Å². The lowest BCUT2D eigenvalue weighted by Gasteiger charge is -2.34. The van der Waals surface area contributed by atoms with E-state index in [0.29, 0.717) is 24.0 Å². The van der Waals surface area contributed by atoms with Crippen molar-refractivity contribution >= 4 is 11.6 Å². The molecule has 4 nitrogen and oxygen atoms in total. The third-order valence-corrected chi connectivity index (χ3v) is 8.31. The van der Waals surface area contributed by atoms with E-state index >= 15 is 0 Å². The highest BCUT2D eigenvalue weighted by Crippen LogP contribution is 2.40. The van der Waals surface area contributed by atoms with Gasteiger partial charge in [0.05, 0.1) is 0 Å². The lowest BCUT2D eigenvalue weighted by molar-refractivity contribution is -0.126. The van der Waals surface area contributed by atoms with Crippen molar-refractivity contribution < 1.29 is 19.8 Å². The first kappa shape index (κ1) is 36.6. The third-order valence-electron chi connectivity index (χ3n) is 8.31. The van der Waals surface area contributed by atoms with Crippen molar-refractivity contribution in [3.8, 4) is 0 Å². The smallest absolute Gasteiger partial charge is 0.187 e. The molecule has 0 saturated carbocycles. The second-order valence-corrected chi connectivity index (χ2v) is 13.4. The van der Waals surface area contributed by atoms with Crippen molar-refractivity contribution in [1.82, 2.24) is 0 Å². The molecule has 0 aromatic rings. The third kappa shape index (κ3) is 10.5. The van der Waals surface area contributed by atoms with Crippen LogP contribution >= 0.6 is 0 Å². The van der Waals surface area contributed by atoms with Gasteiger partial charge in [-0.2, -0.15) is 0 Å². The molecule has 0 bridgehead atoms. The molecule has 0 saturated heterocycles. The highest BCUT2D eigenvalue weighted by molar-refractivity contribution is 6.01. The fourth-order valence-electron chi connectivity index (χ4n) is 5.62. The molecule has 0 aliphatic heterocycles. The normalized spacial score (nSPS) is 24.5. The molecule has 2 atom stereocenters. The Bertz CT molecular complexity index is 1340. The van der Waals surface area contributed by atoms with Gasteiger partial charge in [-0.3, -0.25) is 9.59 Å². The molecule has 2 unspecified atom stereocenters. The summed E-state index contributed by atoms with van der Waals surface area (Å²) in [7, 11) is 0. The van der Waals surface area contributed by atoms with Crippen LogP contribution in [0, 0.1) is 10.8 Å². The van der Waals surface area contributed by atoms with E-state index in [1.54, 1.807) is 13.8 Å². The molecule has 0 aromatic carbocycles. The Hall–Kier alpha value is -3.60. The summed E-state index contributed by atoms with van der Waals surface area (Å²) in [6.45, 7) is 20.0. The van der Waals surface area contributed by atoms with E-state index in [1.807, 2.05) is 74.6 Å². The largest absolute Gasteiger partial charge is 0.385 e. The lowest BCUT2D eigenvalue weighted by atomic mass is 9.71. The van der Waals surface area contributed by atoms with Crippen molar-refractivity contribution in [2.24, 2.45) is 10.8 Å². The minimum absolute atomic E-state index is 0.175.